The number of anilines is 6. The Morgan fingerprint density at radius 3 is 1.46 bits per heavy atom. The Morgan fingerprint density at radius 2 is 0.852 bits per heavy atom. The average Bonchev–Trinajstić information content (AvgIpc) is 3.58. The van der Waals surface area contributed by atoms with Crippen molar-refractivity contribution in [3.05, 3.63) is 212 Å². The van der Waals surface area contributed by atoms with Gasteiger partial charge in [-0.05, 0) is 105 Å². The van der Waals surface area contributed by atoms with E-state index in [1.807, 2.05) is 0 Å². The van der Waals surface area contributed by atoms with E-state index in [-0.39, 0.29) is 0 Å². The fourth-order valence-electron chi connectivity index (χ4n) is 8.04. The second-order valence-electron chi connectivity index (χ2n) is 13.8. The summed E-state index contributed by atoms with van der Waals surface area (Å²) < 4.78 is 2.47. The maximum absolute atomic E-state index is 2.50. The maximum Gasteiger partial charge on any atom is 0.122 e. The molecule has 3 nitrogen and oxygen atoms in total. The molecule has 2 heterocycles. The minimum absolute atomic E-state index is 0.785. The molecule has 4 heteroatoms. The molecule has 0 saturated carbocycles. The first-order valence-electron chi connectivity index (χ1n) is 18.6. The van der Waals surface area contributed by atoms with Gasteiger partial charge >= 0.3 is 0 Å². The summed E-state index contributed by atoms with van der Waals surface area (Å²) in [6.45, 7) is 0. The van der Waals surface area contributed by atoms with Crippen molar-refractivity contribution < 1.29 is 0 Å². The largest absolute Gasteiger partial charge is 0.311 e. The van der Waals surface area contributed by atoms with E-state index in [1.54, 1.807) is 0 Å². The predicted molar refractivity (Wildman–Crippen MR) is 231 cm³/mol. The van der Waals surface area contributed by atoms with Crippen LogP contribution in [-0.2, 0) is 0 Å². The molecule has 0 fully saturated rings. The van der Waals surface area contributed by atoms with Crippen LogP contribution in [0, 0.1) is 0 Å². The zero-order chi connectivity index (χ0) is 35.8. The van der Waals surface area contributed by atoms with Gasteiger partial charge < -0.3 is 4.90 Å². The second kappa shape index (κ2) is 13.6. The quantitative estimate of drug-likeness (QED) is 0.153. The van der Waals surface area contributed by atoms with Crippen molar-refractivity contribution in [2.75, 3.05) is 9.80 Å². The Bertz CT molecular complexity index is 2670. The number of hydrogen-bond acceptors (Lipinski definition) is 2. The van der Waals surface area contributed by atoms with E-state index in [4.69, 9.17) is 0 Å². The van der Waals surface area contributed by atoms with Crippen LogP contribution >= 0.6 is 0 Å². The lowest BCUT2D eigenvalue weighted by molar-refractivity contribution is 1.08. The molecule has 0 N–H and O–H groups in total. The summed E-state index contributed by atoms with van der Waals surface area (Å²) in [6.07, 6.45) is 0. The Labute approximate surface area is 318 Å². The number of fused-ring (bicyclic) bond motifs is 4. The van der Waals surface area contributed by atoms with Crippen molar-refractivity contribution in [1.82, 2.24) is 4.57 Å². The highest BCUT2D eigenvalue weighted by Crippen LogP contribution is 2.41. The van der Waals surface area contributed by atoms with Gasteiger partial charge in [0.15, 0.2) is 0 Å². The van der Waals surface area contributed by atoms with E-state index in [0.29, 0.717) is 0 Å². The highest BCUT2D eigenvalue weighted by atomic mass is 28.2. The zero-order valence-electron chi connectivity index (χ0n) is 29.8. The molecule has 0 radical (unpaired) electrons. The molecule has 0 saturated heterocycles. The fraction of sp³-hybridized carbons (Fsp3) is 0. The van der Waals surface area contributed by atoms with E-state index in [2.05, 4.69) is 227 Å². The highest BCUT2D eigenvalue weighted by Gasteiger charge is 2.31. The summed E-state index contributed by atoms with van der Waals surface area (Å²) in [7, 11) is -0.785. The molecule has 9 aromatic rings. The van der Waals surface area contributed by atoms with Crippen molar-refractivity contribution >= 4 is 65.1 Å². The lowest BCUT2D eigenvalue weighted by Crippen LogP contribution is -2.40. The molecule has 1 aliphatic rings. The fourth-order valence-corrected chi connectivity index (χ4v) is 10.1. The summed E-state index contributed by atoms with van der Waals surface area (Å²) >= 11 is 0. The van der Waals surface area contributed by atoms with Crippen molar-refractivity contribution in [2.45, 2.75) is 0 Å². The Kier molecular flexibility index (Phi) is 8.01. The zero-order valence-corrected chi connectivity index (χ0v) is 31.2. The first kappa shape index (κ1) is 31.8. The molecule has 0 amide bonds. The third-order valence-electron chi connectivity index (χ3n) is 10.6. The molecule has 0 atom stereocenters. The molecular formula is C50H37N3Si. The van der Waals surface area contributed by atoms with Crippen molar-refractivity contribution in [1.29, 1.82) is 0 Å². The van der Waals surface area contributed by atoms with Crippen LogP contribution in [0.15, 0.2) is 212 Å². The van der Waals surface area contributed by atoms with Gasteiger partial charge in [-0.15, -0.1) is 0 Å². The number of benzene rings is 8. The molecule has 0 spiro atoms. The molecule has 0 unspecified atom stereocenters. The topological polar surface area (TPSA) is 11.4 Å². The van der Waals surface area contributed by atoms with E-state index in [1.165, 1.54) is 66.4 Å². The van der Waals surface area contributed by atoms with Crippen LogP contribution in [0.25, 0.3) is 38.8 Å². The van der Waals surface area contributed by atoms with Gasteiger partial charge in [0.2, 0.25) is 0 Å². The molecule has 10 rings (SSSR count). The van der Waals surface area contributed by atoms with Crippen molar-refractivity contribution in [2.24, 2.45) is 0 Å². The van der Waals surface area contributed by atoms with Gasteiger partial charge in [0.25, 0.3) is 0 Å². The van der Waals surface area contributed by atoms with Gasteiger partial charge in [-0.25, -0.2) is 0 Å². The monoisotopic (exact) mass is 707 g/mol. The molecule has 256 valence electrons. The summed E-state index contributed by atoms with van der Waals surface area (Å²) in [5.41, 5.74) is 13.1. The smallest absolute Gasteiger partial charge is 0.122 e. The van der Waals surface area contributed by atoms with Gasteiger partial charge in [0.05, 0.1) is 15.0 Å². The molecule has 8 aromatic carbocycles. The molecule has 1 aromatic heterocycles. The number of rotatable bonds is 7. The van der Waals surface area contributed by atoms with Crippen molar-refractivity contribution in [3.63, 3.8) is 0 Å². The summed E-state index contributed by atoms with van der Waals surface area (Å²) in [6, 6.07) is 76.8. The van der Waals surface area contributed by atoms with Crippen LogP contribution in [0.2, 0.25) is 0 Å². The van der Waals surface area contributed by atoms with Crippen LogP contribution in [0.1, 0.15) is 0 Å². The van der Waals surface area contributed by atoms with E-state index < -0.39 is 9.52 Å². The normalized spacial score (nSPS) is 12.4. The summed E-state index contributed by atoms with van der Waals surface area (Å²) in [4.78, 5) is 4.80. The van der Waals surface area contributed by atoms with Gasteiger partial charge in [-0.3, -0.25) is 9.47 Å². The van der Waals surface area contributed by atoms with E-state index in [0.717, 1.165) is 17.1 Å². The summed E-state index contributed by atoms with van der Waals surface area (Å²) in [5.74, 6) is 1.27. The highest BCUT2D eigenvalue weighted by molar-refractivity contribution is 6.74. The van der Waals surface area contributed by atoms with Gasteiger partial charge in [-0.2, -0.15) is 0 Å². The maximum atomic E-state index is 2.50. The van der Waals surface area contributed by atoms with Crippen LogP contribution in [0.5, 0.6) is 0 Å². The minimum atomic E-state index is -0.785. The first-order valence-corrected chi connectivity index (χ1v) is 20.0. The number of para-hydroxylation sites is 5. The number of nitrogens with zero attached hydrogens (tertiary/aromatic N) is 3. The van der Waals surface area contributed by atoms with Crippen LogP contribution in [-0.4, -0.2) is 14.1 Å². The summed E-state index contributed by atoms with van der Waals surface area (Å²) in [5, 5.41) is 4.31. The van der Waals surface area contributed by atoms with Crippen molar-refractivity contribution in [3.8, 4) is 27.9 Å². The minimum Gasteiger partial charge on any atom is -0.311 e. The predicted octanol–water partition coefficient (Wildman–Crippen LogP) is 11.3. The molecule has 1 aliphatic heterocycles. The molecule has 54 heavy (non-hydrogen) atoms. The van der Waals surface area contributed by atoms with E-state index in [9.17, 15) is 0 Å². The van der Waals surface area contributed by atoms with Crippen LogP contribution in [0.3, 0.4) is 0 Å². The standard InChI is InChI=1S/C50H37N3Si/c1-5-15-40(16-6-1)51(41-17-7-2-8-18-41)44-32-29-37(30-33-44)36-25-27-38(28-26-36)39-31-34-48-47(35-39)53(43-21-11-4-12-22-43)50-49(54-48)45-23-13-14-24-46(45)52(50)42-19-9-3-10-20-42/h1-35H,54H2. The molecule has 0 bridgehead atoms. The first-order chi connectivity index (χ1) is 26.8. The lowest BCUT2D eigenvalue weighted by Gasteiger charge is -2.34. The Balaban J connectivity index is 1.01. The number of hydrogen-bond donors (Lipinski definition) is 0. The van der Waals surface area contributed by atoms with Crippen LogP contribution in [0.4, 0.5) is 34.3 Å². The van der Waals surface area contributed by atoms with Crippen LogP contribution < -0.4 is 20.2 Å². The Morgan fingerprint density at radius 1 is 0.389 bits per heavy atom. The van der Waals surface area contributed by atoms with Gasteiger partial charge in [0, 0.05) is 39.5 Å². The third-order valence-corrected chi connectivity index (χ3v) is 12.6. The third kappa shape index (κ3) is 5.61. The molecule has 0 aliphatic carbocycles. The van der Waals surface area contributed by atoms with E-state index >= 15 is 0 Å². The van der Waals surface area contributed by atoms with Gasteiger partial charge in [0.1, 0.15) is 5.82 Å². The number of aromatic nitrogens is 1. The Hall–Kier alpha value is -6.88. The second-order valence-corrected chi connectivity index (χ2v) is 15.6. The molecular weight excluding hydrogens is 671 g/mol. The lowest BCUT2D eigenvalue weighted by atomic mass is 9.99. The SMILES string of the molecule is c1ccc(N(c2ccccc2)c2ccc(-c3ccc(-c4ccc5c(c4)N(c4ccccc4)c4c(c6ccccc6n4-c4ccccc4)[SiH2]5)cc3)cc2)cc1. The average molecular weight is 708 g/mol. The van der Waals surface area contributed by atoms with Gasteiger partial charge in [-0.1, -0.05) is 140 Å².